The fourth-order valence-corrected chi connectivity index (χ4v) is 3.11. The Bertz CT molecular complexity index is 269. The van der Waals surface area contributed by atoms with E-state index < -0.39 is 0 Å². The molecule has 2 fully saturated rings. The zero-order chi connectivity index (χ0) is 12.3. The highest BCUT2D eigenvalue weighted by Crippen LogP contribution is 2.28. The molecule has 3 atom stereocenters. The molecule has 0 aromatic carbocycles. The molecular weight excluding hydrogens is 218 g/mol. The predicted octanol–water partition coefficient (Wildman–Crippen LogP) is 1.17. The summed E-state index contributed by atoms with van der Waals surface area (Å²) >= 11 is 0. The SMILES string of the molecule is CCOC(=O)C1CCCN(C2CCCC2O)C1. The molecule has 1 heterocycles. The Morgan fingerprint density at radius 2 is 2.18 bits per heavy atom. The summed E-state index contributed by atoms with van der Waals surface area (Å²) in [5.74, 6) is -0.0545. The summed E-state index contributed by atoms with van der Waals surface area (Å²) in [5, 5.41) is 9.91. The molecule has 0 bridgehead atoms. The molecule has 1 aliphatic carbocycles. The van der Waals surface area contributed by atoms with Gasteiger partial charge in [0.05, 0.1) is 18.6 Å². The molecule has 0 aromatic heterocycles. The number of aliphatic hydroxyl groups excluding tert-OH is 1. The number of esters is 1. The number of aliphatic hydroxyl groups is 1. The van der Waals surface area contributed by atoms with Gasteiger partial charge < -0.3 is 9.84 Å². The van der Waals surface area contributed by atoms with Crippen LogP contribution in [0.3, 0.4) is 0 Å². The Hall–Kier alpha value is -0.610. The Labute approximate surface area is 103 Å². The summed E-state index contributed by atoms with van der Waals surface area (Å²) in [6.45, 7) is 4.08. The van der Waals surface area contributed by atoms with Crippen molar-refractivity contribution in [3.63, 3.8) is 0 Å². The molecule has 2 aliphatic rings. The molecule has 1 saturated heterocycles. The molecule has 1 saturated carbocycles. The first-order chi connectivity index (χ1) is 8.22. The summed E-state index contributed by atoms with van der Waals surface area (Å²) < 4.78 is 5.09. The highest BCUT2D eigenvalue weighted by atomic mass is 16.5. The van der Waals surface area contributed by atoms with Gasteiger partial charge in [-0.05, 0) is 45.6 Å². The molecular formula is C13H23NO3. The fourth-order valence-electron chi connectivity index (χ4n) is 3.11. The first-order valence-corrected chi connectivity index (χ1v) is 6.81. The van der Waals surface area contributed by atoms with Crippen molar-refractivity contribution in [1.82, 2.24) is 4.90 Å². The van der Waals surface area contributed by atoms with E-state index in [-0.39, 0.29) is 24.0 Å². The van der Waals surface area contributed by atoms with Crippen molar-refractivity contribution >= 4 is 5.97 Å². The van der Waals surface area contributed by atoms with Crippen LogP contribution in [0.25, 0.3) is 0 Å². The topological polar surface area (TPSA) is 49.8 Å². The minimum atomic E-state index is -0.198. The zero-order valence-electron chi connectivity index (χ0n) is 10.6. The number of ether oxygens (including phenoxy) is 1. The van der Waals surface area contributed by atoms with E-state index in [0.717, 1.165) is 45.2 Å². The molecule has 3 unspecified atom stereocenters. The van der Waals surface area contributed by atoms with Gasteiger partial charge in [0.1, 0.15) is 0 Å². The molecule has 4 nitrogen and oxygen atoms in total. The van der Waals surface area contributed by atoms with Crippen LogP contribution in [0.5, 0.6) is 0 Å². The lowest BCUT2D eigenvalue weighted by Gasteiger charge is -2.37. The van der Waals surface area contributed by atoms with Crippen LogP contribution in [-0.2, 0) is 9.53 Å². The van der Waals surface area contributed by atoms with Gasteiger partial charge in [0, 0.05) is 12.6 Å². The highest BCUT2D eigenvalue weighted by Gasteiger charge is 2.35. The summed E-state index contributed by atoms with van der Waals surface area (Å²) in [6.07, 6.45) is 4.84. The Balaban J connectivity index is 1.90. The van der Waals surface area contributed by atoms with Crippen LogP contribution in [0.2, 0.25) is 0 Å². The van der Waals surface area contributed by atoms with Crippen molar-refractivity contribution in [3.8, 4) is 0 Å². The standard InChI is InChI=1S/C13H23NO3/c1-2-17-13(16)10-5-4-8-14(9-10)11-6-3-7-12(11)15/h10-12,15H,2-9H2,1H3. The van der Waals surface area contributed by atoms with Crippen LogP contribution in [0, 0.1) is 5.92 Å². The van der Waals surface area contributed by atoms with Crippen molar-refractivity contribution < 1.29 is 14.6 Å². The van der Waals surface area contributed by atoms with Crippen LogP contribution >= 0.6 is 0 Å². The van der Waals surface area contributed by atoms with E-state index in [9.17, 15) is 9.90 Å². The number of carbonyl (C=O) groups is 1. The van der Waals surface area contributed by atoms with Gasteiger partial charge in [-0.2, -0.15) is 0 Å². The van der Waals surface area contributed by atoms with Crippen LogP contribution in [-0.4, -0.2) is 47.8 Å². The monoisotopic (exact) mass is 241 g/mol. The van der Waals surface area contributed by atoms with Gasteiger partial charge in [-0.15, -0.1) is 0 Å². The number of nitrogens with zero attached hydrogens (tertiary/aromatic N) is 1. The lowest BCUT2D eigenvalue weighted by atomic mass is 9.96. The maximum atomic E-state index is 11.7. The zero-order valence-corrected chi connectivity index (χ0v) is 10.6. The van der Waals surface area contributed by atoms with Crippen LogP contribution in [0.4, 0.5) is 0 Å². The van der Waals surface area contributed by atoms with E-state index in [1.807, 2.05) is 6.92 Å². The second-order valence-electron chi connectivity index (χ2n) is 5.15. The third-order valence-electron chi connectivity index (χ3n) is 3.99. The van der Waals surface area contributed by atoms with Crippen LogP contribution < -0.4 is 0 Å². The number of hydrogen-bond donors (Lipinski definition) is 1. The largest absolute Gasteiger partial charge is 0.466 e. The van der Waals surface area contributed by atoms with Crippen molar-refractivity contribution in [3.05, 3.63) is 0 Å². The molecule has 17 heavy (non-hydrogen) atoms. The van der Waals surface area contributed by atoms with E-state index in [2.05, 4.69) is 4.90 Å². The van der Waals surface area contributed by atoms with Gasteiger partial charge in [0.15, 0.2) is 0 Å². The Kier molecular flexibility index (Phi) is 4.40. The molecule has 0 amide bonds. The van der Waals surface area contributed by atoms with Crippen molar-refractivity contribution in [2.45, 2.75) is 51.2 Å². The van der Waals surface area contributed by atoms with E-state index in [1.165, 1.54) is 0 Å². The fraction of sp³-hybridized carbons (Fsp3) is 0.923. The third kappa shape index (κ3) is 2.99. The minimum Gasteiger partial charge on any atom is -0.466 e. The number of hydrogen-bond acceptors (Lipinski definition) is 4. The Morgan fingerprint density at radius 1 is 1.35 bits per heavy atom. The average Bonchev–Trinajstić information content (AvgIpc) is 2.76. The molecule has 0 radical (unpaired) electrons. The summed E-state index contributed by atoms with van der Waals surface area (Å²) in [6, 6.07) is 0.271. The van der Waals surface area contributed by atoms with Gasteiger partial charge in [-0.25, -0.2) is 0 Å². The van der Waals surface area contributed by atoms with E-state index >= 15 is 0 Å². The smallest absolute Gasteiger partial charge is 0.310 e. The molecule has 1 N–H and O–H groups in total. The number of carbonyl (C=O) groups excluding carboxylic acids is 1. The van der Waals surface area contributed by atoms with Crippen molar-refractivity contribution in [2.75, 3.05) is 19.7 Å². The number of rotatable bonds is 3. The maximum absolute atomic E-state index is 11.7. The molecule has 98 valence electrons. The number of likely N-dealkylation sites (tertiary alicyclic amines) is 1. The summed E-state index contributed by atoms with van der Waals surface area (Å²) in [7, 11) is 0. The molecule has 0 spiro atoms. The highest BCUT2D eigenvalue weighted by molar-refractivity contribution is 5.72. The first kappa shape index (κ1) is 12.8. The maximum Gasteiger partial charge on any atom is 0.310 e. The Morgan fingerprint density at radius 3 is 2.82 bits per heavy atom. The van der Waals surface area contributed by atoms with Gasteiger partial charge in [0.2, 0.25) is 0 Å². The molecule has 0 aromatic rings. The van der Waals surface area contributed by atoms with Gasteiger partial charge in [-0.3, -0.25) is 9.69 Å². The van der Waals surface area contributed by atoms with E-state index in [1.54, 1.807) is 0 Å². The quantitative estimate of drug-likeness (QED) is 0.754. The third-order valence-corrected chi connectivity index (χ3v) is 3.99. The van der Waals surface area contributed by atoms with Crippen molar-refractivity contribution in [2.24, 2.45) is 5.92 Å². The van der Waals surface area contributed by atoms with Crippen LogP contribution in [0.15, 0.2) is 0 Å². The first-order valence-electron chi connectivity index (χ1n) is 6.81. The number of piperidine rings is 1. The van der Waals surface area contributed by atoms with Crippen molar-refractivity contribution in [1.29, 1.82) is 0 Å². The lowest BCUT2D eigenvalue weighted by molar-refractivity contribution is -0.150. The summed E-state index contributed by atoms with van der Waals surface area (Å²) in [4.78, 5) is 14.0. The normalized spacial score (nSPS) is 34.8. The molecule has 4 heteroatoms. The van der Waals surface area contributed by atoms with Gasteiger partial charge in [-0.1, -0.05) is 0 Å². The lowest BCUT2D eigenvalue weighted by Crippen LogP contribution is -2.47. The van der Waals surface area contributed by atoms with Gasteiger partial charge in [0.25, 0.3) is 0 Å². The average molecular weight is 241 g/mol. The molecule has 2 rings (SSSR count). The van der Waals surface area contributed by atoms with Gasteiger partial charge >= 0.3 is 5.97 Å². The molecule has 1 aliphatic heterocycles. The van der Waals surface area contributed by atoms with E-state index in [4.69, 9.17) is 4.74 Å². The second kappa shape index (κ2) is 5.83. The summed E-state index contributed by atoms with van der Waals surface area (Å²) in [5.41, 5.74) is 0. The predicted molar refractivity (Wildman–Crippen MR) is 64.6 cm³/mol. The van der Waals surface area contributed by atoms with E-state index in [0.29, 0.717) is 6.61 Å². The second-order valence-corrected chi connectivity index (χ2v) is 5.15. The minimum absolute atomic E-state index is 0.0106. The van der Waals surface area contributed by atoms with Crippen LogP contribution in [0.1, 0.15) is 39.0 Å².